The summed E-state index contributed by atoms with van der Waals surface area (Å²) < 4.78 is 0. The maximum Gasteiger partial charge on any atom is 0.293 e. The van der Waals surface area contributed by atoms with Crippen LogP contribution in [0.15, 0.2) is 18.2 Å². The molecule has 136 valence electrons. The lowest BCUT2D eigenvalue weighted by Gasteiger charge is -2.31. The molecule has 0 radical (unpaired) electrons. The second-order valence-corrected chi connectivity index (χ2v) is 7.27. The molecule has 2 aliphatic heterocycles. The lowest BCUT2D eigenvalue weighted by atomic mass is 9.98. The van der Waals surface area contributed by atoms with Gasteiger partial charge >= 0.3 is 0 Å². The molecule has 2 heterocycles. The number of hydrogen-bond donors (Lipinski definition) is 1. The molecule has 2 fully saturated rings. The van der Waals surface area contributed by atoms with Crippen LogP contribution in [-0.2, 0) is 0 Å². The Morgan fingerprint density at radius 2 is 2.00 bits per heavy atom. The molecule has 1 aromatic carbocycles. The number of nitro groups is 1. The Bertz CT molecular complexity index is 656. The summed E-state index contributed by atoms with van der Waals surface area (Å²) in [7, 11) is 0. The van der Waals surface area contributed by atoms with Crippen LogP contribution >= 0.6 is 0 Å². The fourth-order valence-electron chi connectivity index (χ4n) is 3.71. The van der Waals surface area contributed by atoms with Crippen molar-refractivity contribution < 1.29 is 9.72 Å². The van der Waals surface area contributed by atoms with Crippen molar-refractivity contribution in [3.63, 3.8) is 0 Å². The molecule has 1 amide bonds. The van der Waals surface area contributed by atoms with Crippen LogP contribution < -0.4 is 10.6 Å². The van der Waals surface area contributed by atoms with Crippen LogP contribution in [0.3, 0.4) is 0 Å². The number of anilines is 1. The summed E-state index contributed by atoms with van der Waals surface area (Å²) in [6, 6.07) is 4.89. The third-order valence-electron chi connectivity index (χ3n) is 5.45. The van der Waals surface area contributed by atoms with Gasteiger partial charge in [0.2, 0.25) is 0 Å². The molecule has 3 rings (SSSR count). The third-order valence-corrected chi connectivity index (χ3v) is 5.45. The van der Waals surface area contributed by atoms with E-state index < -0.39 is 0 Å². The molecule has 0 aliphatic carbocycles. The highest BCUT2D eigenvalue weighted by Crippen LogP contribution is 2.33. The lowest BCUT2D eigenvalue weighted by molar-refractivity contribution is -0.384. The van der Waals surface area contributed by atoms with E-state index in [1.807, 2.05) is 0 Å². The van der Waals surface area contributed by atoms with Crippen molar-refractivity contribution in [1.82, 2.24) is 4.90 Å². The smallest absolute Gasteiger partial charge is 0.293 e. The minimum atomic E-state index is -0.378. The van der Waals surface area contributed by atoms with Crippen molar-refractivity contribution in [2.45, 2.75) is 26.2 Å². The van der Waals surface area contributed by atoms with Crippen molar-refractivity contribution in [3.8, 4) is 0 Å². The summed E-state index contributed by atoms with van der Waals surface area (Å²) in [6.07, 6.45) is 2.96. The first-order chi connectivity index (χ1) is 12.0. The van der Waals surface area contributed by atoms with Gasteiger partial charge in [-0.1, -0.05) is 6.92 Å². The van der Waals surface area contributed by atoms with E-state index in [-0.39, 0.29) is 16.5 Å². The summed E-state index contributed by atoms with van der Waals surface area (Å²) in [5.41, 5.74) is 6.71. The third kappa shape index (κ3) is 3.76. The van der Waals surface area contributed by atoms with Gasteiger partial charge in [-0.05, 0) is 49.8 Å². The molecule has 2 aliphatic rings. The molecular weight excluding hydrogens is 320 g/mol. The molecule has 0 aromatic heterocycles. The number of benzene rings is 1. The molecule has 0 spiro atoms. The molecule has 1 unspecified atom stereocenters. The van der Waals surface area contributed by atoms with Crippen LogP contribution in [0.25, 0.3) is 0 Å². The molecule has 1 atom stereocenters. The molecule has 25 heavy (non-hydrogen) atoms. The Morgan fingerprint density at radius 3 is 2.60 bits per heavy atom. The molecule has 0 saturated carbocycles. The normalized spacial score (nSPS) is 21.6. The van der Waals surface area contributed by atoms with E-state index in [4.69, 9.17) is 5.73 Å². The molecule has 1 aromatic rings. The van der Waals surface area contributed by atoms with Gasteiger partial charge in [-0.3, -0.25) is 14.9 Å². The van der Waals surface area contributed by atoms with E-state index >= 15 is 0 Å². The Kier molecular flexibility index (Phi) is 5.22. The molecular formula is C18H26N4O3. The minimum absolute atomic E-state index is 0.0231. The van der Waals surface area contributed by atoms with Gasteiger partial charge in [0.15, 0.2) is 0 Å². The van der Waals surface area contributed by atoms with Gasteiger partial charge in [0.1, 0.15) is 5.69 Å². The van der Waals surface area contributed by atoms with Crippen molar-refractivity contribution in [2.75, 3.05) is 37.6 Å². The number of nitrogens with two attached hydrogens (primary N) is 1. The van der Waals surface area contributed by atoms with Gasteiger partial charge in [-0.15, -0.1) is 0 Å². The number of carbonyl (C=O) groups excluding carboxylic acids is 1. The number of hydrogen-bond acceptors (Lipinski definition) is 5. The Balaban J connectivity index is 1.82. The van der Waals surface area contributed by atoms with E-state index in [1.165, 1.54) is 6.07 Å². The van der Waals surface area contributed by atoms with E-state index in [9.17, 15) is 14.9 Å². The van der Waals surface area contributed by atoms with Gasteiger partial charge in [0.05, 0.1) is 4.92 Å². The Labute approximate surface area is 147 Å². The monoisotopic (exact) mass is 346 g/mol. The number of rotatable bonds is 4. The highest BCUT2D eigenvalue weighted by molar-refractivity contribution is 5.96. The number of likely N-dealkylation sites (tertiary alicyclic amines) is 1. The fraction of sp³-hybridized carbons (Fsp3) is 0.611. The topological polar surface area (TPSA) is 92.7 Å². The molecule has 2 N–H and O–H groups in total. The van der Waals surface area contributed by atoms with Crippen LogP contribution in [0, 0.1) is 22.0 Å². The average molecular weight is 346 g/mol. The maximum absolute atomic E-state index is 12.7. The van der Waals surface area contributed by atoms with Crippen LogP contribution in [0.2, 0.25) is 0 Å². The van der Waals surface area contributed by atoms with Crippen molar-refractivity contribution in [2.24, 2.45) is 17.6 Å². The van der Waals surface area contributed by atoms with Gasteiger partial charge < -0.3 is 15.5 Å². The quantitative estimate of drug-likeness (QED) is 0.667. The highest BCUT2D eigenvalue weighted by atomic mass is 16.6. The fourth-order valence-corrected chi connectivity index (χ4v) is 3.71. The van der Waals surface area contributed by atoms with Gasteiger partial charge in [0.25, 0.3) is 11.6 Å². The number of amides is 1. The first-order valence-electron chi connectivity index (χ1n) is 9.02. The molecule has 0 bridgehead atoms. The van der Waals surface area contributed by atoms with Crippen LogP contribution in [-0.4, -0.2) is 48.5 Å². The minimum Gasteiger partial charge on any atom is -0.366 e. The van der Waals surface area contributed by atoms with Gasteiger partial charge in [0, 0.05) is 37.8 Å². The second kappa shape index (κ2) is 7.39. The predicted octanol–water partition coefficient (Wildman–Crippen LogP) is 2.25. The zero-order valence-electron chi connectivity index (χ0n) is 14.7. The summed E-state index contributed by atoms with van der Waals surface area (Å²) in [6.45, 7) is 5.71. The van der Waals surface area contributed by atoms with Gasteiger partial charge in [-0.25, -0.2) is 0 Å². The van der Waals surface area contributed by atoms with Crippen molar-refractivity contribution in [1.29, 1.82) is 0 Å². The van der Waals surface area contributed by atoms with E-state index in [1.54, 1.807) is 17.0 Å². The number of nitro benzene ring substituents is 1. The standard InChI is InChI=1S/C18H26N4O3/c1-13-4-7-20(8-5-13)16-3-2-15(10-17(16)22(24)25)18(23)21-9-6-14(11-19)12-21/h2-3,10,13-14H,4-9,11-12,19H2,1H3. The number of carbonyl (C=O) groups is 1. The zero-order chi connectivity index (χ0) is 18.0. The summed E-state index contributed by atoms with van der Waals surface area (Å²) in [5, 5.41) is 11.6. The zero-order valence-corrected chi connectivity index (χ0v) is 14.7. The average Bonchev–Trinajstić information content (AvgIpc) is 3.10. The van der Waals surface area contributed by atoms with E-state index in [2.05, 4.69) is 11.8 Å². The predicted molar refractivity (Wildman–Crippen MR) is 96.8 cm³/mol. The second-order valence-electron chi connectivity index (χ2n) is 7.27. The van der Waals surface area contributed by atoms with Gasteiger partial charge in [-0.2, -0.15) is 0 Å². The Morgan fingerprint density at radius 1 is 1.28 bits per heavy atom. The first-order valence-corrected chi connectivity index (χ1v) is 9.02. The maximum atomic E-state index is 12.7. The first kappa shape index (κ1) is 17.7. The SMILES string of the molecule is CC1CCN(c2ccc(C(=O)N3CCC(CN)C3)cc2[N+](=O)[O-])CC1. The molecule has 7 nitrogen and oxygen atoms in total. The van der Waals surface area contributed by atoms with E-state index in [0.717, 1.165) is 32.4 Å². The van der Waals surface area contributed by atoms with Crippen LogP contribution in [0.4, 0.5) is 11.4 Å². The highest BCUT2D eigenvalue weighted by Gasteiger charge is 2.29. The Hall–Kier alpha value is -2.15. The number of piperidine rings is 1. The van der Waals surface area contributed by atoms with Crippen LogP contribution in [0.5, 0.6) is 0 Å². The largest absolute Gasteiger partial charge is 0.366 e. The molecule has 2 saturated heterocycles. The van der Waals surface area contributed by atoms with Crippen molar-refractivity contribution in [3.05, 3.63) is 33.9 Å². The van der Waals surface area contributed by atoms with Crippen LogP contribution in [0.1, 0.15) is 36.5 Å². The molecule has 7 heteroatoms. The number of nitrogens with zero attached hydrogens (tertiary/aromatic N) is 3. The summed E-state index contributed by atoms with van der Waals surface area (Å²) in [4.78, 5) is 27.7. The summed E-state index contributed by atoms with van der Waals surface area (Å²) in [5.74, 6) is 0.841. The lowest BCUT2D eigenvalue weighted by Crippen LogP contribution is -2.33. The van der Waals surface area contributed by atoms with E-state index in [0.29, 0.717) is 42.7 Å². The summed E-state index contributed by atoms with van der Waals surface area (Å²) >= 11 is 0. The van der Waals surface area contributed by atoms with Crippen molar-refractivity contribution >= 4 is 17.3 Å².